The molecule has 0 radical (unpaired) electrons. The smallest absolute Gasteiger partial charge is 0.287 e. The van der Waals surface area contributed by atoms with Crippen LogP contribution in [0.5, 0.6) is 0 Å². The second kappa shape index (κ2) is 6.75. The molecule has 0 aromatic carbocycles. The number of hydrogen-bond donors (Lipinski definition) is 1. The standard InChI is InChI=1S/C14H20ClN3O/c1-2-9-18-14(19)13(15)12(10-17-18)16-8-7-11-5-3-4-6-11/h5,10,16H,2-4,6-9H2,1H3. The molecule has 104 valence electrons. The van der Waals surface area contributed by atoms with Crippen molar-refractivity contribution in [1.82, 2.24) is 9.78 Å². The van der Waals surface area contributed by atoms with E-state index in [1.807, 2.05) is 6.92 Å². The molecule has 0 saturated heterocycles. The van der Waals surface area contributed by atoms with Crippen molar-refractivity contribution in [1.29, 1.82) is 0 Å². The van der Waals surface area contributed by atoms with Crippen molar-refractivity contribution in [3.8, 4) is 0 Å². The molecule has 1 N–H and O–H groups in total. The van der Waals surface area contributed by atoms with E-state index in [-0.39, 0.29) is 10.6 Å². The minimum Gasteiger partial charge on any atom is -0.382 e. The molecule has 0 fully saturated rings. The summed E-state index contributed by atoms with van der Waals surface area (Å²) in [4.78, 5) is 11.9. The highest BCUT2D eigenvalue weighted by Crippen LogP contribution is 2.21. The van der Waals surface area contributed by atoms with Crippen LogP contribution in [0.2, 0.25) is 5.02 Å². The van der Waals surface area contributed by atoms with Gasteiger partial charge in [-0.3, -0.25) is 4.79 Å². The van der Waals surface area contributed by atoms with Gasteiger partial charge < -0.3 is 5.32 Å². The van der Waals surface area contributed by atoms with E-state index >= 15 is 0 Å². The summed E-state index contributed by atoms with van der Waals surface area (Å²) in [7, 11) is 0. The van der Waals surface area contributed by atoms with Gasteiger partial charge in [-0.25, -0.2) is 4.68 Å². The van der Waals surface area contributed by atoms with Gasteiger partial charge in [0.2, 0.25) is 0 Å². The van der Waals surface area contributed by atoms with Crippen LogP contribution in [-0.4, -0.2) is 16.3 Å². The third kappa shape index (κ3) is 3.60. The monoisotopic (exact) mass is 281 g/mol. The van der Waals surface area contributed by atoms with E-state index in [4.69, 9.17) is 11.6 Å². The Hall–Kier alpha value is -1.29. The van der Waals surface area contributed by atoms with Gasteiger partial charge in [0.15, 0.2) is 0 Å². The Morgan fingerprint density at radius 2 is 2.37 bits per heavy atom. The Bertz CT molecular complexity index is 522. The van der Waals surface area contributed by atoms with E-state index < -0.39 is 0 Å². The van der Waals surface area contributed by atoms with Crippen LogP contribution in [0, 0.1) is 0 Å². The molecule has 0 aliphatic heterocycles. The lowest BCUT2D eigenvalue weighted by atomic mass is 10.2. The summed E-state index contributed by atoms with van der Waals surface area (Å²) in [5, 5.41) is 7.56. The molecule has 0 unspecified atom stereocenters. The van der Waals surface area contributed by atoms with Crippen LogP contribution in [-0.2, 0) is 6.54 Å². The minimum atomic E-state index is -0.214. The van der Waals surface area contributed by atoms with Gasteiger partial charge in [-0.05, 0) is 32.1 Å². The van der Waals surface area contributed by atoms with Crippen LogP contribution < -0.4 is 10.9 Å². The van der Waals surface area contributed by atoms with Gasteiger partial charge in [0.1, 0.15) is 5.02 Å². The van der Waals surface area contributed by atoms with Crippen molar-refractivity contribution >= 4 is 17.3 Å². The van der Waals surface area contributed by atoms with Gasteiger partial charge >= 0.3 is 0 Å². The number of rotatable bonds is 6. The van der Waals surface area contributed by atoms with E-state index in [1.165, 1.54) is 29.5 Å². The van der Waals surface area contributed by atoms with Crippen LogP contribution in [0.1, 0.15) is 39.0 Å². The number of hydrogen-bond acceptors (Lipinski definition) is 3. The molecule has 4 nitrogen and oxygen atoms in total. The summed E-state index contributed by atoms with van der Waals surface area (Å²) < 4.78 is 1.41. The first kappa shape index (κ1) is 14.1. The second-order valence-electron chi connectivity index (χ2n) is 4.83. The molecule has 0 amide bonds. The highest BCUT2D eigenvalue weighted by atomic mass is 35.5. The zero-order chi connectivity index (χ0) is 13.7. The molecular formula is C14H20ClN3O. The fourth-order valence-electron chi connectivity index (χ4n) is 2.28. The predicted molar refractivity (Wildman–Crippen MR) is 78.8 cm³/mol. The Balaban J connectivity index is 1.96. The van der Waals surface area contributed by atoms with E-state index in [1.54, 1.807) is 6.20 Å². The van der Waals surface area contributed by atoms with Crippen LogP contribution in [0.25, 0.3) is 0 Å². The molecular weight excluding hydrogens is 262 g/mol. The molecule has 0 atom stereocenters. The predicted octanol–water partition coefficient (Wildman–Crippen LogP) is 3.22. The first-order chi connectivity index (χ1) is 9.22. The van der Waals surface area contributed by atoms with Crippen LogP contribution in [0.3, 0.4) is 0 Å². The number of allylic oxidation sites excluding steroid dienone is 1. The van der Waals surface area contributed by atoms with Gasteiger partial charge in [0, 0.05) is 13.1 Å². The Labute approximate surface area is 118 Å². The van der Waals surface area contributed by atoms with Crippen molar-refractivity contribution < 1.29 is 0 Å². The SMILES string of the molecule is CCCn1ncc(NCCC2=CCCC2)c(Cl)c1=O. The van der Waals surface area contributed by atoms with Crippen molar-refractivity contribution in [2.75, 3.05) is 11.9 Å². The van der Waals surface area contributed by atoms with Gasteiger partial charge in [-0.2, -0.15) is 5.10 Å². The van der Waals surface area contributed by atoms with Crippen LogP contribution >= 0.6 is 11.6 Å². The lowest BCUT2D eigenvalue weighted by molar-refractivity contribution is 0.568. The van der Waals surface area contributed by atoms with Gasteiger partial charge in [0.05, 0.1) is 11.9 Å². The summed E-state index contributed by atoms with van der Waals surface area (Å²) in [5.74, 6) is 0. The van der Waals surface area contributed by atoms with Crippen molar-refractivity contribution in [2.24, 2.45) is 0 Å². The highest BCUT2D eigenvalue weighted by Gasteiger charge is 2.09. The fourth-order valence-corrected chi connectivity index (χ4v) is 2.49. The molecule has 1 aromatic rings. The topological polar surface area (TPSA) is 46.9 Å². The number of nitrogens with one attached hydrogen (secondary N) is 1. The molecule has 0 bridgehead atoms. The van der Waals surface area contributed by atoms with Crippen molar-refractivity contribution in [3.63, 3.8) is 0 Å². The first-order valence-electron chi connectivity index (χ1n) is 6.89. The van der Waals surface area contributed by atoms with Crippen molar-refractivity contribution in [3.05, 3.63) is 33.2 Å². The average Bonchev–Trinajstić information content (AvgIpc) is 2.91. The Morgan fingerprint density at radius 3 is 3.05 bits per heavy atom. The number of aromatic nitrogens is 2. The lowest BCUT2D eigenvalue weighted by Crippen LogP contribution is -2.24. The summed E-state index contributed by atoms with van der Waals surface area (Å²) in [6, 6.07) is 0. The molecule has 5 heteroatoms. The first-order valence-corrected chi connectivity index (χ1v) is 7.27. The second-order valence-corrected chi connectivity index (χ2v) is 5.21. The molecule has 1 aliphatic carbocycles. The van der Waals surface area contributed by atoms with E-state index in [2.05, 4.69) is 16.5 Å². The summed E-state index contributed by atoms with van der Waals surface area (Å²) in [6.45, 7) is 3.40. The molecule has 0 spiro atoms. The molecule has 1 heterocycles. The third-order valence-electron chi connectivity index (χ3n) is 3.32. The highest BCUT2D eigenvalue weighted by molar-refractivity contribution is 6.32. The zero-order valence-corrected chi connectivity index (χ0v) is 12.0. The molecule has 0 saturated carbocycles. The summed E-state index contributed by atoms with van der Waals surface area (Å²) in [6.07, 6.45) is 9.49. The van der Waals surface area contributed by atoms with E-state index in [0.717, 1.165) is 19.4 Å². The molecule has 1 aromatic heterocycles. The largest absolute Gasteiger partial charge is 0.382 e. The third-order valence-corrected chi connectivity index (χ3v) is 3.68. The number of halogens is 1. The maximum Gasteiger partial charge on any atom is 0.287 e. The van der Waals surface area contributed by atoms with Gasteiger partial charge in [0.25, 0.3) is 5.56 Å². The van der Waals surface area contributed by atoms with Crippen LogP contribution in [0.4, 0.5) is 5.69 Å². The fraction of sp³-hybridized carbons (Fsp3) is 0.571. The number of anilines is 1. The molecule has 19 heavy (non-hydrogen) atoms. The quantitative estimate of drug-likeness (QED) is 0.815. The van der Waals surface area contributed by atoms with Gasteiger partial charge in [-0.1, -0.05) is 30.2 Å². The Kier molecular flexibility index (Phi) is 5.02. The minimum absolute atomic E-state index is 0.214. The Morgan fingerprint density at radius 1 is 1.53 bits per heavy atom. The van der Waals surface area contributed by atoms with Crippen LogP contribution in [0.15, 0.2) is 22.6 Å². The zero-order valence-electron chi connectivity index (χ0n) is 11.3. The average molecular weight is 282 g/mol. The normalized spacial score (nSPS) is 14.5. The lowest BCUT2D eigenvalue weighted by Gasteiger charge is -2.10. The summed E-state index contributed by atoms with van der Waals surface area (Å²) in [5.41, 5.74) is 1.92. The molecule has 2 rings (SSSR count). The molecule has 1 aliphatic rings. The number of nitrogens with zero attached hydrogens (tertiary/aromatic N) is 2. The van der Waals surface area contributed by atoms with Crippen molar-refractivity contribution in [2.45, 2.75) is 45.6 Å². The van der Waals surface area contributed by atoms with Gasteiger partial charge in [-0.15, -0.1) is 0 Å². The summed E-state index contributed by atoms with van der Waals surface area (Å²) >= 11 is 6.08. The van der Waals surface area contributed by atoms with E-state index in [9.17, 15) is 4.79 Å². The van der Waals surface area contributed by atoms with E-state index in [0.29, 0.717) is 12.2 Å². The maximum atomic E-state index is 11.9. The maximum absolute atomic E-state index is 11.9. The number of aryl methyl sites for hydroxylation is 1.